The van der Waals surface area contributed by atoms with E-state index in [1.807, 2.05) is 30.3 Å². The van der Waals surface area contributed by atoms with Gasteiger partial charge in [0.25, 0.3) is 0 Å². The standard InChI is InChI=1S/C14H11BrN2OS2/c15-9-5-6-10(16)13(7-9)20(18)8-14-17-11-3-1-2-4-12(11)19-14/h1-7H,8,16H2. The first-order chi connectivity index (χ1) is 9.63. The summed E-state index contributed by atoms with van der Waals surface area (Å²) in [6.07, 6.45) is 0. The van der Waals surface area contributed by atoms with Crippen LogP contribution in [-0.2, 0) is 16.6 Å². The minimum atomic E-state index is -1.19. The van der Waals surface area contributed by atoms with Crippen LogP contribution in [0.25, 0.3) is 10.2 Å². The van der Waals surface area contributed by atoms with Crippen molar-refractivity contribution in [2.75, 3.05) is 5.73 Å². The van der Waals surface area contributed by atoms with E-state index in [0.29, 0.717) is 16.3 Å². The maximum absolute atomic E-state index is 12.4. The molecule has 3 aromatic rings. The number of rotatable bonds is 3. The summed E-state index contributed by atoms with van der Waals surface area (Å²) in [5.74, 6) is 0.389. The molecule has 0 fully saturated rings. The maximum Gasteiger partial charge on any atom is 0.107 e. The van der Waals surface area contributed by atoms with Crippen LogP contribution in [0.2, 0.25) is 0 Å². The Morgan fingerprint density at radius 3 is 2.85 bits per heavy atom. The van der Waals surface area contributed by atoms with Gasteiger partial charge in [0.15, 0.2) is 0 Å². The molecule has 2 aromatic carbocycles. The summed E-state index contributed by atoms with van der Waals surface area (Å²) in [4.78, 5) is 5.15. The van der Waals surface area contributed by atoms with Gasteiger partial charge in [0.2, 0.25) is 0 Å². The van der Waals surface area contributed by atoms with Crippen molar-refractivity contribution in [1.29, 1.82) is 0 Å². The molecule has 0 spiro atoms. The highest BCUT2D eigenvalue weighted by Gasteiger charge is 2.12. The van der Waals surface area contributed by atoms with Gasteiger partial charge in [-0.25, -0.2) is 4.98 Å². The summed E-state index contributed by atoms with van der Waals surface area (Å²) in [5, 5.41) is 0.865. The predicted molar refractivity (Wildman–Crippen MR) is 88.3 cm³/mol. The first-order valence-corrected chi connectivity index (χ1v) is 8.84. The van der Waals surface area contributed by atoms with Gasteiger partial charge in [-0.15, -0.1) is 11.3 Å². The summed E-state index contributed by atoms with van der Waals surface area (Å²) in [6, 6.07) is 13.3. The van der Waals surface area contributed by atoms with Crippen molar-refractivity contribution in [1.82, 2.24) is 4.98 Å². The predicted octanol–water partition coefficient (Wildman–Crippen LogP) is 3.95. The largest absolute Gasteiger partial charge is 0.398 e. The van der Waals surface area contributed by atoms with E-state index in [1.54, 1.807) is 23.5 Å². The summed E-state index contributed by atoms with van der Waals surface area (Å²) in [7, 11) is -1.19. The van der Waals surface area contributed by atoms with E-state index < -0.39 is 10.8 Å². The van der Waals surface area contributed by atoms with Gasteiger partial charge >= 0.3 is 0 Å². The van der Waals surface area contributed by atoms with Crippen LogP contribution in [-0.4, -0.2) is 9.19 Å². The third-order valence-electron chi connectivity index (χ3n) is 2.81. The SMILES string of the molecule is Nc1ccc(Br)cc1S(=O)Cc1nc2ccccc2s1. The Morgan fingerprint density at radius 2 is 2.05 bits per heavy atom. The second kappa shape index (κ2) is 5.63. The number of nitrogen functional groups attached to an aromatic ring is 1. The normalized spacial score (nSPS) is 12.7. The minimum Gasteiger partial charge on any atom is -0.398 e. The van der Waals surface area contributed by atoms with E-state index in [9.17, 15) is 4.21 Å². The highest BCUT2D eigenvalue weighted by Crippen LogP contribution is 2.27. The summed E-state index contributed by atoms with van der Waals surface area (Å²) < 4.78 is 14.4. The van der Waals surface area contributed by atoms with Crippen molar-refractivity contribution in [2.24, 2.45) is 0 Å². The Kier molecular flexibility index (Phi) is 3.87. The molecule has 0 amide bonds. The molecule has 0 aliphatic carbocycles. The number of benzene rings is 2. The van der Waals surface area contributed by atoms with Crippen LogP contribution < -0.4 is 5.73 Å². The Bertz CT molecular complexity index is 768. The molecule has 3 rings (SSSR count). The van der Waals surface area contributed by atoms with Gasteiger partial charge in [0.05, 0.1) is 31.7 Å². The number of fused-ring (bicyclic) bond motifs is 1. The number of nitrogens with zero attached hydrogens (tertiary/aromatic N) is 1. The van der Waals surface area contributed by atoms with Gasteiger partial charge in [0.1, 0.15) is 5.01 Å². The lowest BCUT2D eigenvalue weighted by Gasteiger charge is -2.04. The molecule has 0 aliphatic heterocycles. The molecule has 3 nitrogen and oxygen atoms in total. The van der Waals surface area contributed by atoms with Gasteiger partial charge in [-0.1, -0.05) is 28.1 Å². The van der Waals surface area contributed by atoms with Gasteiger partial charge in [-0.05, 0) is 30.3 Å². The van der Waals surface area contributed by atoms with Crippen LogP contribution in [0.15, 0.2) is 51.8 Å². The zero-order valence-corrected chi connectivity index (χ0v) is 13.6. The zero-order valence-electron chi connectivity index (χ0n) is 10.4. The molecule has 1 aromatic heterocycles. The molecule has 0 saturated heterocycles. The Balaban J connectivity index is 1.90. The van der Waals surface area contributed by atoms with Crippen LogP contribution in [0.4, 0.5) is 5.69 Å². The quantitative estimate of drug-likeness (QED) is 0.714. The van der Waals surface area contributed by atoms with E-state index in [2.05, 4.69) is 20.9 Å². The number of hydrogen-bond acceptors (Lipinski definition) is 4. The fourth-order valence-corrected chi connectivity index (χ4v) is 4.74. The molecular weight excluding hydrogens is 356 g/mol. The van der Waals surface area contributed by atoms with E-state index in [-0.39, 0.29) is 0 Å². The molecule has 0 radical (unpaired) electrons. The number of aromatic nitrogens is 1. The second-order valence-corrected chi connectivity index (χ2v) is 7.70. The van der Waals surface area contributed by atoms with Crippen LogP contribution >= 0.6 is 27.3 Å². The lowest BCUT2D eigenvalue weighted by atomic mass is 10.3. The Morgan fingerprint density at radius 1 is 1.25 bits per heavy atom. The molecular formula is C14H11BrN2OS2. The topological polar surface area (TPSA) is 56.0 Å². The van der Waals surface area contributed by atoms with Crippen LogP contribution in [0, 0.1) is 0 Å². The molecule has 20 heavy (non-hydrogen) atoms. The van der Waals surface area contributed by atoms with Crippen molar-refractivity contribution < 1.29 is 4.21 Å². The first-order valence-electron chi connectivity index (χ1n) is 5.91. The lowest BCUT2D eigenvalue weighted by molar-refractivity contribution is 0.683. The van der Waals surface area contributed by atoms with Crippen molar-refractivity contribution in [3.05, 3.63) is 51.9 Å². The number of nitrogens with two attached hydrogens (primary N) is 1. The number of hydrogen-bond donors (Lipinski definition) is 1. The number of thiazole rings is 1. The molecule has 0 aliphatic rings. The maximum atomic E-state index is 12.4. The third-order valence-corrected chi connectivity index (χ3v) is 5.91. The van der Waals surface area contributed by atoms with Crippen molar-refractivity contribution in [2.45, 2.75) is 10.6 Å². The van der Waals surface area contributed by atoms with Gasteiger partial charge in [-0.3, -0.25) is 4.21 Å². The molecule has 1 unspecified atom stereocenters. The van der Waals surface area contributed by atoms with Crippen molar-refractivity contribution >= 4 is 54.0 Å². The molecule has 6 heteroatoms. The first kappa shape index (κ1) is 13.7. The van der Waals surface area contributed by atoms with Crippen molar-refractivity contribution in [3.8, 4) is 0 Å². The third kappa shape index (κ3) is 2.77. The fourth-order valence-electron chi connectivity index (χ4n) is 1.88. The zero-order chi connectivity index (χ0) is 14.1. The number of anilines is 1. The highest BCUT2D eigenvalue weighted by molar-refractivity contribution is 9.10. The highest BCUT2D eigenvalue weighted by atomic mass is 79.9. The minimum absolute atomic E-state index is 0.389. The molecule has 102 valence electrons. The van der Waals surface area contributed by atoms with Crippen LogP contribution in [0.5, 0.6) is 0 Å². The van der Waals surface area contributed by atoms with E-state index in [1.165, 1.54) is 0 Å². The van der Waals surface area contributed by atoms with E-state index in [4.69, 9.17) is 5.73 Å². The Hall–Kier alpha value is -1.24. The molecule has 0 saturated carbocycles. The summed E-state index contributed by atoms with van der Waals surface area (Å²) in [6.45, 7) is 0. The van der Waals surface area contributed by atoms with Crippen LogP contribution in [0.3, 0.4) is 0 Å². The molecule has 1 atom stereocenters. The average molecular weight is 367 g/mol. The lowest BCUT2D eigenvalue weighted by Crippen LogP contribution is -2.00. The number of halogens is 1. The smallest absolute Gasteiger partial charge is 0.107 e. The molecule has 2 N–H and O–H groups in total. The monoisotopic (exact) mass is 366 g/mol. The van der Waals surface area contributed by atoms with Gasteiger partial charge in [0, 0.05) is 10.2 Å². The van der Waals surface area contributed by atoms with Gasteiger partial charge in [-0.2, -0.15) is 0 Å². The number of para-hydroxylation sites is 1. The Labute approximate surface area is 131 Å². The van der Waals surface area contributed by atoms with Crippen molar-refractivity contribution in [3.63, 3.8) is 0 Å². The fraction of sp³-hybridized carbons (Fsp3) is 0.0714. The van der Waals surface area contributed by atoms with E-state index in [0.717, 1.165) is 19.7 Å². The van der Waals surface area contributed by atoms with E-state index >= 15 is 0 Å². The molecule has 0 bridgehead atoms. The van der Waals surface area contributed by atoms with Crippen LogP contribution in [0.1, 0.15) is 5.01 Å². The van der Waals surface area contributed by atoms with Gasteiger partial charge < -0.3 is 5.73 Å². The summed E-state index contributed by atoms with van der Waals surface area (Å²) in [5.41, 5.74) is 7.39. The average Bonchev–Trinajstić information content (AvgIpc) is 2.83. The molecule has 1 heterocycles. The summed E-state index contributed by atoms with van der Waals surface area (Å²) >= 11 is 4.95. The second-order valence-electron chi connectivity index (χ2n) is 4.25.